The summed E-state index contributed by atoms with van der Waals surface area (Å²) in [6.07, 6.45) is -5.66. The summed E-state index contributed by atoms with van der Waals surface area (Å²) < 4.78 is 60.8. The van der Waals surface area contributed by atoms with Gasteiger partial charge in [-0.05, 0) is 44.4 Å². The molecule has 0 spiro atoms. The van der Waals surface area contributed by atoms with Crippen LogP contribution >= 0.6 is 0 Å². The molecule has 1 aromatic carbocycles. The highest BCUT2D eigenvalue weighted by Gasteiger charge is 2.45. The maximum atomic E-state index is 13.3. The van der Waals surface area contributed by atoms with E-state index in [0.717, 1.165) is 17.1 Å². The van der Waals surface area contributed by atoms with Crippen molar-refractivity contribution in [2.45, 2.75) is 116 Å². The normalized spacial score (nSPS) is 19.7. The van der Waals surface area contributed by atoms with Gasteiger partial charge in [-0.15, -0.1) is 0 Å². The Bertz CT molecular complexity index is 2200. The van der Waals surface area contributed by atoms with Crippen molar-refractivity contribution in [3.63, 3.8) is 0 Å². The first kappa shape index (κ1) is 60.7. The minimum Gasteiger partial charge on any atom is -0.461 e. The summed E-state index contributed by atoms with van der Waals surface area (Å²) in [5, 5.41) is 52.9. The Morgan fingerprint density at radius 3 is 2.14 bits per heavy atom. The molecule has 1 saturated heterocycles. The van der Waals surface area contributed by atoms with Gasteiger partial charge in [-0.1, -0.05) is 33.8 Å². The van der Waals surface area contributed by atoms with E-state index in [1.54, 1.807) is 27.7 Å². The number of aliphatic hydroxyl groups excluding tert-OH is 4. The van der Waals surface area contributed by atoms with Crippen molar-refractivity contribution < 1.29 is 95.4 Å². The van der Waals surface area contributed by atoms with Crippen molar-refractivity contribution in [2.24, 2.45) is 11.3 Å². The lowest BCUT2D eigenvalue weighted by molar-refractivity contribution is -0.277. The number of nitrogens with zero attached hydrogens (tertiary/aromatic N) is 1. The number of imide groups is 1. The van der Waals surface area contributed by atoms with Crippen molar-refractivity contribution in [3.05, 3.63) is 35.9 Å². The van der Waals surface area contributed by atoms with Gasteiger partial charge in [0.2, 0.25) is 35.8 Å². The standard InChI is InChI=1S/C45H68N6O20S/c1-26(2)41(62)68-23-27-7-8-30(70-42-39(60)38(59)37(58)31(22-52)71-42)28(21-27)49-33(54)11-15-46-34(55)24-67-20-17-48-40(61)29(25-72(64,65)66)50-43(63)44(3,4)14-19-69-45(5,6)13-16-47-32(53)12-18-51-35(56)9-10-36(51)57/h7-10,21,26,29,31,37-39,42,52,58-60H,11-20,22-25H2,1-6H3,(H,46,55)(H,47,53)(H,48,61)(H,49,54)(H,50,63)(H,64,65,66)/t29-,31-,37+,38+,39-,42-/m1/s1. The maximum absolute atomic E-state index is 13.3. The lowest BCUT2D eigenvalue weighted by Gasteiger charge is -2.39. The molecule has 0 unspecified atom stereocenters. The van der Waals surface area contributed by atoms with Crippen LogP contribution in [0.1, 0.15) is 72.8 Å². The Kier molecular flexibility index (Phi) is 23.6. The molecule has 27 heteroatoms. The SMILES string of the molecule is CC(C)C(=O)OCc1ccc(O[C@@H]2O[C@H](CO)[C@H](O)[C@H](O)[C@H]2O)c(NC(=O)CCNC(=O)COCCNC(=O)[C@@H](CS(=O)(=O)O)NC(=O)C(C)(C)CCOC(C)(C)CCNC(=O)CCN2C(=O)C=CC2=O)c1. The smallest absolute Gasteiger partial charge is 0.308 e. The fourth-order valence-corrected chi connectivity index (χ4v) is 7.22. The summed E-state index contributed by atoms with van der Waals surface area (Å²) >= 11 is 0. The second-order valence-electron chi connectivity index (χ2n) is 18.4. The third-order valence-electron chi connectivity index (χ3n) is 11.1. The van der Waals surface area contributed by atoms with E-state index in [1.807, 2.05) is 0 Å². The summed E-state index contributed by atoms with van der Waals surface area (Å²) in [6, 6.07) is 2.57. The highest BCUT2D eigenvalue weighted by molar-refractivity contribution is 7.85. The average Bonchev–Trinajstić information content (AvgIpc) is 3.62. The first-order chi connectivity index (χ1) is 33.6. The molecule has 26 nitrogen and oxygen atoms in total. The number of amides is 7. The van der Waals surface area contributed by atoms with Gasteiger partial charge < -0.3 is 70.7 Å². The van der Waals surface area contributed by atoms with Crippen LogP contribution in [0.4, 0.5) is 5.69 Å². The first-order valence-corrected chi connectivity index (χ1v) is 24.6. The number of aliphatic hydroxyl groups is 4. The molecule has 1 fully saturated rings. The molecule has 0 bridgehead atoms. The van der Waals surface area contributed by atoms with Gasteiger partial charge in [0.25, 0.3) is 21.9 Å². The van der Waals surface area contributed by atoms with Gasteiger partial charge in [0.15, 0.2) is 0 Å². The van der Waals surface area contributed by atoms with Crippen LogP contribution in [0.2, 0.25) is 0 Å². The monoisotopic (exact) mass is 1040 g/mol. The molecule has 72 heavy (non-hydrogen) atoms. The fourth-order valence-electron chi connectivity index (χ4n) is 6.56. The maximum Gasteiger partial charge on any atom is 0.308 e. The second kappa shape index (κ2) is 28.0. The van der Waals surface area contributed by atoms with Crippen LogP contribution < -0.4 is 31.3 Å². The Balaban J connectivity index is 1.43. The first-order valence-electron chi connectivity index (χ1n) is 23.0. The van der Waals surface area contributed by atoms with E-state index in [1.165, 1.54) is 32.0 Å². The minimum atomic E-state index is -4.77. The number of nitrogens with one attached hydrogen (secondary N) is 5. The number of benzene rings is 1. The molecule has 404 valence electrons. The zero-order chi connectivity index (χ0) is 54.0. The predicted molar refractivity (Wildman–Crippen MR) is 250 cm³/mol. The molecule has 2 heterocycles. The molecule has 2 aliphatic heterocycles. The van der Waals surface area contributed by atoms with Gasteiger partial charge in [-0.2, -0.15) is 8.42 Å². The minimum absolute atomic E-state index is 0.0161. The van der Waals surface area contributed by atoms with Crippen LogP contribution in [0.5, 0.6) is 5.75 Å². The molecule has 7 amide bonds. The average molecular weight is 1050 g/mol. The van der Waals surface area contributed by atoms with Gasteiger partial charge in [0.1, 0.15) is 55.2 Å². The molecular weight excluding hydrogens is 977 g/mol. The van der Waals surface area contributed by atoms with E-state index >= 15 is 0 Å². The fraction of sp³-hybridized carbons (Fsp3) is 0.644. The van der Waals surface area contributed by atoms with Crippen LogP contribution in [0.15, 0.2) is 30.4 Å². The van der Waals surface area contributed by atoms with E-state index in [9.17, 15) is 71.8 Å². The van der Waals surface area contributed by atoms with Crippen molar-refractivity contribution >= 4 is 63.1 Å². The molecule has 0 saturated carbocycles. The number of carbonyl (C=O) groups excluding carboxylic acids is 8. The summed E-state index contributed by atoms with van der Waals surface area (Å²) in [5.74, 6) is -6.47. The summed E-state index contributed by atoms with van der Waals surface area (Å²) in [4.78, 5) is 100. The molecule has 0 aliphatic carbocycles. The lowest BCUT2D eigenvalue weighted by Crippen LogP contribution is -2.60. The van der Waals surface area contributed by atoms with E-state index < -0.39 is 124 Å². The van der Waals surface area contributed by atoms with Crippen molar-refractivity contribution in [3.8, 4) is 5.75 Å². The highest BCUT2D eigenvalue weighted by atomic mass is 32.2. The molecule has 0 radical (unpaired) electrons. The van der Waals surface area contributed by atoms with Gasteiger partial charge in [0, 0.05) is 63.2 Å². The molecule has 0 aromatic heterocycles. The molecule has 10 N–H and O–H groups in total. The molecule has 3 rings (SSSR count). The van der Waals surface area contributed by atoms with Crippen LogP contribution in [-0.4, -0.2) is 186 Å². The van der Waals surface area contributed by atoms with Crippen LogP contribution in [0.25, 0.3) is 0 Å². The zero-order valence-corrected chi connectivity index (χ0v) is 41.9. The number of ether oxygens (including phenoxy) is 5. The van der Waals surface area contributed by atoms with Gasteiger partial charge in [0.05, 0.1) is 30.4 Å². The topological polar surface area (TPSA) is 381 Å². The van der Waals surface area contributed by atoms with E-state index in [2.05, 4.69) is 26.6 Å². The number of esters is 1. The Hall–Kier alpha value is -5.65. The van der Waals surface area contributed by atoms with Crippen molar-refractivity contribution in [2.75, 3.05) is 63.7 Å². The Morgan fingerprint density at radius 1 is 0.833 bits per heavy atom. The molecule has 2 aliphatic rings. The van der Waals surface area contributed by atoms with Gasteiger partial charge in [-0.25, -0.2) is 0 Å². The number of anilines is 1. The number of rotatable bonds is 30. The van der Waals surface area contributed by atoms with Crippen LogP contribution in [0.3, 0.4) is 0 Å². The third kappa shape index (κ3) is 20.5. The van der Waals surface area contributed by atoms with Crippen LogP contribution in [-0.2, 0) is 74.0 Å². The largest absolute Gasteiger partial charge is 0.461 e. The van der Waals surface area contributed by atoms with Gasteiger partial charge >= 0.3 is 5.97 Å². The molecular formula is C45H68N6O20S. The third-order valence-corrected chi connectivity index (χ3v) is 11.8. The van der Waals surface area contributed by atoms with E-state index in [0.29, 0.717) is 12.0 Å². The quantitative estimate of drug-likeness (QED) is 0.0165. The number of hydrogen-bond donors (Lipinski definition) is 10. The second-order valence-corrected chi connectivity index (χ2v) is 19.9. The summed E-state index contributed by atoms with van der Waals surface area (Å²) in [5.41, 5.74) is -1.54. The summed E-state index contributed by atoms with van der Waals surface area (Å²) in [7, 11) is -4.77. The number of hydrogen-bond acceptors (Lipinski definition) is 19. The van der Waals surface area contributed by atoms with Crippen LogP contribution in [0, 0.1) is 11.3 Å². The van der Waals surface area contributed by atoms with Crippen molar-refractivity contribution in [1.82, 2.24) is 26.2 Å². The highest BCUT2D eigenvalue weighted by Crippen LogP contribution is 2.31. The predicted octanol–water partition coefficient (Wildman–Crippen LogP) is -2.45. The van der Waals surface area contributed by atoms with Gasteiger partial charge in [-0.3, -0.25) is 47.8 Å². The lowest BCUT2D eigenvalue weighted by atomic mass is 9.88. The molecule has 6 atom stereocenters. The van der Waals surface area contributed by atoms with E-state index in [4.69, 9.17) is 23.7 Å². The zero-order valence-electron chi connectivity index (χ0n) is 41.0. The van der Waals surface area contributed by atoms with E-state index in [-0.39, 0.29) is 82.6 Å². The Morgan fingerprint density at radius 2 is 1.50 bits per heavy atom. The van der Waals surface area contributed by atoms with Crippen molar-refractivity contribution in [1.29, 1.82) is 0 Å². The Labute approximate surface area is 416 Å². The molecule has 1 aromatic rings. The summed E-state index contributed by atoms with van der Waals surface area (Å²) in [6.45, 7) is 7.97. The number of carbonyl (C=O) groups is 8.